The number of hydrogen-bond acceptors (Lipinski definition) is 4. The van der Waals surface area contributed by atoms with Crippen LogP contribution in [-0.4, -0.2) is 45.6 Å². The Labute approximate surface area is 157 Å². The van der Waals surface area contributed by atoms with E-state index in [2.05, 4.69) is 10.4 Å². The third-order valence-corrected chi connectivity index (χ3v) is 6.17. The Morgan fingerprint density at radius 3 is 2.92 bits per heavy atom. The molecule has 0 bridgehead atoms. The Hall–Kier alpha value is -2.15. The van der Waals surface area contributed by atoms with Crippen LogP contribution in [0.15, 0.2) is 17.5 Å². The van der Waals surface area contributed by atoms with Crippen LogP contribution < -0.4 is 5.32 Å². The van der Waals surface area contributed by atoms with Crippen LogP contribution in [0.1, 0.15) is 57.1 Å². The van der Waals surface area contributed by atoms with Crippen LogP contribution in [0.3, 0.4) is 0 Å². The fourth-order valence-corrected chi connectivity index (χ4v) is 4.75. The number of fused-ring (bicyclic) bond motifs is 1. The van der Waals surface area contributed by atoms with E-state index in [0.29, 0.717) is 12.2 Å². The van der Waals surface area contributed by atoms with E-state index in [9.17, 15) is 9.59 Å². The highest BCUT2D eigenvalue weighted by atomic mass is 32.1. The van der Waals surface area contributed by atoms with Crippen molar-refractivity contribution in [3.63, 3.8) is 0 Å². The van der Waals surface area contributed by atoms with Gasteiger partial charge in [0.15, 0.2) is 0 Å². The molecule has 7 heteroatoms. The average Bonchev–Trinajstić information content (AvgIpc) is 3.28. The Balaban J connectivity index is 1.45. The molecule has 1 aliphatic carbocycles. The second-order valence-electron chi connectivity index (χ2n) is 7.15. The van der Waals surface area contributed by atoms with Gasteiger partial charge in [0.2, 0.25) is 0 Å². The van der Waals surface area contributed by atoms with E-state index in [-0.39, 0.29) is 17.9 Å². The van der Waals surface area contributed by atoms with E-state index >= 15 is 0 Å². The molecule has 1 fully saturated rings. The number of rotatable bonds is 3. The molecule has 0 saturated carbocycles. The number of likely N-dealkylation sites (tertiary alicyclic amines) is 1. The van der Waals surface area contributed by atoms with Crippen molar-refractivity contribution in [2.45, 2.75) is 44.6 Å². The number of carbonyl (C=O) groups excluding carboxylic acids is 2. The first-order valence-electron chi connectivity index (χ1n) is 9.32. The van der Waals surface area contributed by atoms with E-state index in [1.807, 2.05) is 29.5 Å². The first kappa shape index (κ1) is 17.3. The standard InChI is InChI=1S/C19H24N4O2S/c1-22-17(14-7-2-3-8-15(14)21-22)18(24)20-13-6-4-10-23(12-13)19(25)16-9-5-11-26-16/h5,9,11,13H,2-4,6-8,10,12H2,1H3,(H,20,24)/t13-/m1/s1. The topological polar surface area (TPSA) is 67.2 Å². The van der Waals surface area contributed by atoms with Crippen molar-refractivity contribution >= 4 is 23.2 Å². The van der Waals surface area contributed by atoms with Gasteiger partial charge in [-0.2, -0.15) is 5.10 Å². The number of thiophene rings is 1. The van der Waals surface area contributed by atoms with Gasteiger partial charge in [-0.1, -0.05) is 6.07 Å². The van der Waals surface area contributed by atoms with Gasteiger partial charge in [-0.25, -0.2) is 0 Å². The van der Waals surface area contributed by atoms with Gasteiger partial charge in [-0.15, -0.1) is 11.3 Å². The van der Waals surface area contributed by atoms with Gasteiger partial charge in [-0.05, 0) is 50.0 Å². The highest BCUT2D eigenvalue weighted by Gasteiger charge is 2.29. The third-order valence-electron chi connectivity index (χ3n) is 5.31. The predicted molar refractivity (Wildman–Crippen MR) is 101 cm³/mol. The fraction of sp³-hybridized carbons (Fsp3) is 0.526. The molecule has 2 aliphatic rings. The molecule has 2 aromatic rings. The summed E-state index contributed by atoms with van der Waals surface area (Å²) in [5.41, 5.74) is 2.88. The maximum absolute atomic E-state index is 12.9. The van der Waals surface area contributed by atoms with Crippen LogP contribution in [0.5, 0.6) is 0 Å². The molecule has 1 atom stereocenters. The van der Waals surface area contributed by atoms with Gasteiger partial charge in [0.1, 0.15) is 5.69 Å². The van der Waals surface area contributed by atoms with Crippen molar-refractivity contribution < 1.29 is 9.59 Å². The number of nitrogens with zero attached hydrogens (tertiary/aromatic N) is 3. The predicted octanol–water partition coefficient (Wildman–Crippen LogP) is 2.40. The summed E-state index contributed by atoms with van der Waals surface area (Å²) < 4.78 is 1.72. The molecule has 4 rings (SSSR count). The zero-order chi connectivity index (χ0) is 18.1. The van der Waals surface area contributed by atoms with Crippen LogP contribution in [0.25, 0.3) is 0 Å². The lowest BCUT2D eigenvalue weighted by atomic mass is 9.95. The molecule has 0 spiro atoms. The van der Waals surface area contributed by atoms with E-state index < -0.39 is 0 Å². The summed E-state index contributed by atoms with van der Waals surface area (Å²) in [6.07, 6.45) is 5.97. The first-order valence-corrected chi connectivity index (χ1v) is 10.2. The average molecular weight is 372 g/mol. The quantitative estimate of drug-likeness (QED) is 0.900. The van der Waals surface area contributed by atoms with E-state index in [0.717, 1.165) is 61.2 Å². The van der Waals surface area contributed by atoms with Crippen LogP contribution in [-0.2, 0) is 19.9 Å². The summed E-state index contributed by atoms with van der Waals surface area (Å²) >= 11 is 1.47. The minimum Gasteiger partial charge on any atom is -0.346 e. The summed E-state index contributed by atoms with van der Waals surface area (Å²) in [7, 11) is 1.85. The number of carbonyl (C=O) groups is 2. The van der Waals surface area contributed by atoms with Crippen LogP contribution >= 0.6 is 11.3 Å². The molecule has 26 heavy (non-hydrogen) atoms. The highest BCUT2D eigenvalue weighted by Crippen LogP contribution is 2.24. The third kappa shape index (κ3) is 3.28. The van der Waals surface area contributed by atoms with Crippen molar-refractivity contribution in [3.8, 4) is 0 Å². The lowest BCUT2D eigenvalue weighted by Crippen LogP contribution is -2.49. The zero-order valence-electron chi connectivity index (χ0n) is 15.0. The second-order valence-corrected chi connectivity index (χ2v) is 8.09. The van der Waals surface area contributed by atoms with Crippen LogP contribution in [0.2, 0.25) is 0 Å². The van der Waals surface area contributed by atoms with Crippen molar-refractivity contribution in [2.24, 2.45) is 7.05 Å². The Morgan fingerprint density at radius 2 is 2.12 bits per heavy atom. The molecule has 2 amide bonds. The van der Waals surface area contributed by atoms with E-state index in [4.69, 9.17) is 0 Å². The van der Waals surface area contributed by atoms with E-state index in [1.165, 1.54) is 11.3 Å². The van der Waals surface area contributed by atoms with Gasteiger partial charge in [0.05, 0.1) is 10.6 Å². The monoisotopic (exact) mass is 372 g/mol. The molecule has 0 radical (unpaired) electrons. The van der Waals surface area contributed by atoms with Crippen molar-refractivity contribution in [1.82, 2.24) is 20.0 Å². The smallest absolute Gasteiger partial charge is 0.270 e. The molecule has 0 aromatic carbocycles. The summed E-state index contributed by atoms with van der Waals surface area (Å²) in [6, 6.07) is 3.75. The number of nitrogens with one attached hydrogen (secondary N) is 1. The second kappa shape index (κ2) is 7.23. The Bertz CT molecular complexity index is 812. The number of amides is 2. The minimum atomic E-state index is -0.0569. The molecule has 6 nitrogen and oxygen atoms in total. The lowest BCUT2D eigenvalue weighted by molar-refractivity contribution is 0.0679. The summed E-state index contributed by atoms with van der Waals surface area (Å²) in [5, 5.41) is 9.61. The lowest BCUT2D eigenvalue weighted by Gasteiger charge is -2.33. The highest BCUT2D eigenvalue weighted by molar-refractivity contribution is 7.12. The van der Waals surface area contributed by atoms with Crippen molar-refractivity contribution in [2.75, 3.05) is 13.1 Å². The number of hydrogen-bond donors (Lipinski definition) is 1. The summed E-state index contributed by atoms with van der Waals surface area (Å²) in [5.74, 6) is 0.00966. The van der Waals surface area contributed by atoms with Gasteiger partial charge < -0.3 is 10.2 Å². The Morgan fingerprint density at radius 1 is 1.27 bits per heavy atom. The Kier molecular flexibility index (Phi) is 4.80. The maximum Gasteiger partial charge on any atom is 0.270 e. The molecular weight excluding hydrogens is 348 g/mol. The van der Waals surface area contributed by atoms with Crippen LogP contribution in [0.4, 0.5) is 0 Å². The molecule has 1 saturated heterocycles. The first-order chi connectivity index (χ1) is 12.6. The number of aromatic nitrogens is 2. The minimum absolute atomic E-state index is 0.00528. The molecule has 1 aliphatic heterocycles. The number of aryl methyl sites for hydroxylation is 2. The summed E-state index contributed by atoms with van der Waals surface area (Å²) in [6.45, 7) is 1.33. The van der Waals surface area contributed by atoms with Crippen LogP contribution in [0, 0.1) is 0 Å². The molecule has 1 N–H and O–H groups in total. The molecule has 3 heterocycles. The number of piperidine rings is 1. The fourth-order valence-electron chi connectivity index (χ4n) is 4.05. The molecular formula is C19H24N4O2S. The van der Waals surface area contributed by atoms with Gasteiger partial charge in [0.25, 0.3) is 11.8 Å². The van der Waals surface area contributed by atoms with Crippen molar-refractivity contribution in [1.29, 1.82) is 0 Å². The normalized spacial score (nSPS) is 19.9. The summed E-state index contributed by atoms with van der Waals surface area (Å²) in [4.78, 5) is 28.1. The van der Waals surface area contributed by atoms with E-state index in [1.54, 1.807) is 4.68 Å². The molecule has 0 unspecified atom stereocenters. The van der Waals surface area contributed by atoms with Gasteiger partial charge in [-0.3, -0.25) is 14.3 Å². The molecule has 138 valence electrons. The largest absolute Gasteiger partial charge is 0.346 e. The SMILES string of the molecule is Cn1nc2c(c1C(=O)N[C@@H]1CCCN(C(=O)c3cccs3)C1)CCCC2. The van der Waals surface area contributed by atoms with Gasteiger partial charge in [0, 0.05) is 31.7 Å². The zero-order valence-corrected chi connectivity index (χ0v) is 15.8. The van der Waals surface area contributed by atoms with Gasteiger partial charge >= 0.3 is 0 Å². The van der Waals surface area contributed by atoms with Crippen molar-refractivity contribution in [3.05, 3.63) is 39.3 Å². The maximum atomic E-state index is 12.9. The molecule has 2 aromatic heterocycles.